The predicted octanol–water partition coefficient (Wildman–Crippen LogP) is -0.413. The van der Waals surface area contributed by atoms with Gasteiger partial charge < -0.3 is 9.88 Å². The molecule has 1 aromatic heterocycles. The summed E-state index contributed by atoms with van der Waals surface area (Å²) in [4.78, 5) is 23.2. The summed E-state index contributed by atoms with van der Waals surface area (Å²) in [6.45, 7) is 1.21. The Morgan fingerprint density at radius 3 is 2.76 bits per heavy atom. The Morgan fingerprint density at radius 2 is 2.12 bits per heavy atom. The summed E-state index contributed by atoms with van der Waals surface area (Å²) in [5.74, 6) is 2.55. The molecule has 92 valence electrons. The molecular weight excluding hydrogens is 218 g/mol. The highest BCUT2D eigenvalue weighted by Gasteiger charge is 2.05. The van der Waals surface area contributed by atoms with E-state index in [-0.39, 0.29) is 11.2 Å². The molecule has 0 aromatic carbocycles. The molecule has 0 saturated carbocycles. The molecule has 1 N–H and O–H groups in total. The van der Waals surface area contributed by atoms with Crippen molar-refractivity contribution in [2.24, 2.45) is 14.1 Å². The molecule has 0 aliphatic rings. The van der Waals surface area contributed by atoms with Gasteiger partial charge in [-0.25, -0.2) is 4.79 Å². The lowest BCUT2D eigenvalue weighted by Gasteiger charge is -2.07. The van der Waals surface area contributed by atoms with Crippen molar-refractivity contribution in [2.75, 3.05) is 6.54 Å². The fourth-order valence-electron chi connectivity index (χ4n) is 1.54. The first-order chi connectivity index (χ1) is 8.07. The van der Waals surface area contributed by atoms with Crippen LogP contribution in [0.2, 0.25) is 0 Å². The van der Waals surface area contributed by atoms with E-state index in [1.165, 1.54) is 11.6 Å². The third-order valence-electron chi connectivity index (χ3n) is 2.51. The zero-order chi connectivity index (χ0) is 12.8. The Kier molecular flexibility index (Phi) is 4.73. The van der Waals surface area contributed by atoms with Gasteiger partial charge in [-0.15, -0.1) is 12.3 Å². The highest BCUT2D eigenvalue weighted by molar-refractivity contribution is 5.05. The Balaban J connectivity index is 2.70. The summed E-state index contributed by atoms with van der Waals surface area (Å²) >= 11 is 0. The summed E-state index contributed by atoms with van der Waals surface area (Å²) in [7, 11) is 3.11. The largest absolute Gasteiger partial charge is 0.330 e. The van der Waals surface area contributed by atoms with Gasteiger partial charge in [0.05, 0.1) is 0 Å². The van der Waals surface area contributed by atoms with E-state index < -0.39 is 0 Å². The zero-order valence-corrected chi connectivity index (χ0v) is 10.2. The van der Waals surface area contributed by atoms with Gasteiger partial charge in [0.15, 0.2) is 0 Å². The van der Waals surface area contributed by atoms with Gasteiger partial charge in [-0.1, -0.05) is 0 Å². The SMILES string of the molecule is C#CCCCNCc1cn(C)c(=O)n(C)c1=O. The molecule has 5 nitrogen and oxygen atoms in total. The maximum absolute atomic E-state index is 11.7. The molecule has 0 bridgehead atoms. The quantitative estimate of drug-likeness (QED) is 0.557. The number of rotatable bonds is 5. The number of unbranched alkanes of at least 4 members (excludes halogenated alkanes) is 1. The van der Waals surface area contributed by atoms with E-state index in [1.54, 1.807) is 13.2 Å². The third kappa shape index (κ3) is 3.33. The van der Waals surface area contributed by atoms with Crippen molar-refractivity contribution in [1.29, 1.82) is 0 Å². The van der Waals surface area contributed by atoms with E-state index in [9.17, 15) is 9.59 Å². The van der Waals surface area contributed by atoms with Crippen LogP contribution in [0.15, 0.2) is 15.8 Å². The second kappa shape index (κ2) is 6.06. The molecule has 0 radical (unpaired) electrons. The fraction of sp³-hybridized carbons (Fsp3) is 0.500. The van der Waals surface area contributed by atoms with Crippen molar-refractivity contribution in [2.45, 2.75) is 19.4 Å². The molecule has 0 amide bonds. The molecule has 17 heavy (non-hydrogen) atoms. The molecule has 0 atom stereocenters. The summed E-state index contributed by atoms with van der Waals surface area (Å²) in [6, 6.07) is 0. The molecule has 1 aromatic rings. The van der Waals surface area contributed by atoms with Gasteiger partial charge in [-0.3, -0.25) is 9.36 Å². The first-order valence-corrected chi connectivity index (χ1v) is 5.47. The Hall–Kier alpha value is -1.80. The minimum absolute atomic E-state index is 0.252. The molecule has 0 fully saturated rings. The van der Waals surface area contributed by atoms with Crippen LogP contribution in [0.1, 0.15) is 18.4 Å². The highest BCUT2D eigenvalue weighted by atomic mass is 16.2. The van der Waals surface area contributed by atoms with Crippen LogP contribution in [0.4, 0.5) is 0 Å². The van der Waals surface area contributed by atoms with Gasteiger partial charge in [0, 0.05) is 38.8 Å². The average molecular weight is 235 g/mol. The van der Waals surface area contributed by atoms with Gasteiger partial charge in [-0.05, 0) is 13.0 Å². The average Bonchev–Trinajstić information content (AvgIpc) is 2.32. The van der Waals surface area contributed by atoms with Crippen molar-refractivity contribution >= 4 is 0 Å². The molecule has 0 saturated heterocycles. The molecule has 1 rings (SSSR count). The monoisotopic (exact) mass is 235 g/mol. The van der Waals surface area contributed by atoms with E-state index in [0.717, 1.165) is 24.0 Å². The number of aryl methyl sites for hydroxylation is 1. The summed E-state index contributed by atoms with van der Waals surface area (Å²) < 4.78 is 2.51. The number of nitrogens with zero attached hydrogens (tertiary/aromatic N) is 2. The van der Waals surface area contributed by atoms with Gasteiger partial charge in [0.25, 0.3) is 5.56 Å². The fourth-order valence-corrected chi connectivity index (χ4v) is 1.54. The topological polar surface area (TPSA) is 56.0 Å². The minimum atomic E-state index is -0.314. The molecule has 0 aliphatic heterocycles. The van der Waals surface area contributed by atoms with Crippen LogP contribution in [-0.2, 0) is 20.6 Å². The molecule has 0 aliphatic carbocycles. The summed E-state index contributed by atoms with van der Waals surface area (Å²) in [6.07, 6.45) is 8.30. The Morgan fingerprint density at radius 1 is 1.41 bits per heavy atom. The number of hydrogen-bond donors (Lipinski definition) is 1. The van der Waals surface area contributed by atoms with Gasteiger partial charge in [0.2, 0.25) is 0 Å². The van der Waals surface area contributed by atoms with Crippen LogP contribution in [0.5, 0.6) is 0 Å². The lowest BCUT2D eigenvalue weighted by atomic mass is 10.3. The summed E-state index contributed by atoms with van der Waals surface area (Å²) in [5.41, 5.74) is 0.0129. The minimum Gasteiger partial charge on any atom is -0.312 e. The van der Waals surface area contributed by atoms with E-state index in [2.05, 4.69) is 11.2 Å². The first kappa shape index (κ1) is 13.3. The van der Waals surface area contributed by atoms with E-state index in [1.807, 2.05) is 0 Å². The van der Waals surface area contributed by atoms with Crippen LogP contribution in [0.25, 0.3) is 0 Å². The van der Waals surface area contributed by atoms with Crippen LogP contribution in [0, 0.1) is 12.3 Å². The molecule has 0 spiro atoms. The number of nitrogens with one attached hydrogen (secondary N) is 1. The second-order valence-corrected chi connectivity index (χ2v) is 3.90. The third-order valence-corrected chi connectivity index (χ3v) is 2.51. The van der Waals surface area contributed by atoms with Crippen LogP contribution in [0.3, 0.4) is 0 Å². The number of aromatic nitrogens is 2. The Bertz CT molecular complexity index is 534. The van der Waals surface area contributed by atoms with Crippen molar-refractivity contribution < 1.29 is 0 Å². The van der Waals surface area contributed by atoms with Crippen LogP contribution in [-0.4, -0.2) is 15.7 Å². The lowest BCUT2D eigenvalue weighted by Crippen LogP contribution is -2.39. The van der Waals surface area contributed by atoms with Crippen LogP contribution < -0.4 is 16.6 Å². The van der Waals surface area contributed by atoms with Crippen molar-refractivity contribution in [3.05, 3.63) is 32.6 Å². The van der Waals surface area contributed by atoms with Crippen molar-refractivity contribution in [1.82, 2.24) is 14.5 Å². The zero-order valence-electron chi connectivity index (χ0n) is 10.2. The van der Waals surface area contributed by atoms with Crippen LogP contribution >= 0.6 is 0 Å². The molecular formula is C12H17N3O2. The molecule has 1 heterocycles. The number of hydrogen-bond acceptors (Lipinski definition) is 3. The van der Waals surface area contributed by atoms with Gasteiger partial charge in [0.1, 0.15) is 0 Å². The lowest BCUT2D eigenvalue weighted by molar-refractivity contribution is 0.619. The highest BCUT2D eigenvalue weighted by Crippen LogP contribution is 1.89. The van der Waals surface area contributed by atoms with E-state index in [0.29, 0.717) is 12.1 Å². The van der Waals surface area contributed by atoms with E-state index in [4.69, 9.17) is 6.42 Å². The Labute approximate surface area is 100 Å². The van der Waals surface area contributed by atoms with Crippen molar-refractivity contribution in [3.63, 3.8) is 0 Å². The summed E-state index contributed by atoms with van der Waals surface area (Å²) in [5, 5.41) is 3.13. The first-order valence-electron chi connectivity index (χ1n) is 5.47. The maximum atomic E-state index is 11.7. The molecule has 5 heteroatoms. The van der Waals surface area contributed by atoms with E-state index >= 15 is 0 Å². The molecule has 0 unspecified atom stereocenters. The maximum Gasteiger partial charge on any atom is 0.330 e. The normalized spacial score (nSPS) is 10.2. The second-order valence-electron chi connectivity index (χ2n) is 3.90. The van der Waals surface area contributed by atoms with Gasteiger partial charge >= 0.3 is 5.69 Å². The van der Waals surface area contributed by atoms with Gasteiger partial charge in [-0.2, -0.15) is 0 Å². The predicted molar refractivity (Wildman–Crippen MR) is 66.7 cm³/mol. The standard InChI is InChI=1S/C12H17N3O2/c1-4-5-6-7-13-8-10-9-14(2)12(17)15(3)11(10)16/h1,9,13H,5-8H2,2-3H3. The number of terminal acetylenes is 1. The smallest absolute Gasteiger partial charge is 0.312 e. The van der Waals surface area contributed by atoms with Crippen molar-refractivity contribution in [3.8, 4) is 12.3 Å².